The van der Waals surface area contributed by atoms with Gasteiger partial charge >= 0.3 is 0 Å². The summed E-state index contributed by atoms with van der Waals surface area (Å²) in [5.74, 6) is 0. The van der Waals surface area contributed by atoms with Crippen LogP contribution in [-0.2, 0) is 0 Å². The summed E-state index contributed by atoms with van der Waals surface area (Å²) < 4.78 is 0. The molecule has 12 aromatic carbocycles. The second kappa shape index (κ2) is 30.4. The summed E-state index contributed by atoms with van der Waals surface area (Å²) in [6.45, 7) is 0. The van der Waals surface area contributed by atoms with E-state index >= 15 is 0 Å². The molecule has 11 heterocycles. The lowest BCUT2D eigenvalue weighted by Crippen LogP contribution is -1.90. The van der Waals surface area contributed by atoms with Gasteiger partial charge in [0.15, 0.2) is 0 Å². The molecule has 0 saturated carbocycles. The highest BCUT2D eigenvalue weighted by molar-refractivity contribution is 6.04. The van der Waals surface area contributed by atoms with Gasteiger partial charge in [0.25, 0.3) is 0 Å². The number of aromatic nitrogens is 11. The molecule has 118 heavy (non-hydrogen) atoms. The fourth-order valence-electron chi connectivity index (χ4n) is 15.8. The number of hydrogen-bond donors (Lipinski definition) is 0. The van der Waals surface area contributed by atoms with Gasteiger partial charge in [-0.05, 0) is 188 Å². The normalized spacial score (nSPS) is 11.4. The highest BCUT2D eigenvalue weighted by Gasteiger charge is 2.16. The first-order chi connectivity index (χ1) is 58.4. The monoisotopic (exact) mass is 1510 g/mol. The van der Waals surface area contributed by atoms with Gasteiger partial charge in [-0.25, -0.2) is 34.9 Å². The minimum Gasteiger partial charge on any atom is -0.264 e. The van der Waals surface area contributed by atoms with Crippen LogP contribution in [0, 0.1) is 0 Å². The summed E-state index contributed by atoms with van der Waals surface area (Å²) in [6.07, 6.45) is 10.9. The van der Waals surface area contributed by atoms with Gasteiger partial charge in [0, 0.05) is 114 Å². The van der Waals surface area contributed by atoms with Gasteiger partial charge in [-0.3, -0.25) is 19.9 Å². The summed E-state index contributed by atoms with van der Waals surface area (Å²) >= 11 is 0. The van der Waals surface area contributed by atoms with Crippen LogP contribution in [0.4, 0.5) is 0 Å². The average molecular weight is 1510 g/mol. The molecule has 23 aromatic rings. The van der Waals surface area contributed by atoms with Gasteiger partial charge < -0.3 is 0 Å². The standard InChI is InChI=1S/C45H27N5.C33H21N3.C29H19N3/c1-2-22-46-40(5-1)41-21-17-29-7-11-35(27-43(29)49-41)34-10-6-28-16-19-38(48-42(28)26-34)36-14-12-33-25-37(15-13-32(33)24-36)39-20-18-31-9-8-30-4-3-23-47-44(30)45(31)50-39;1-2-8-28-22(5-1)6-3-9-29(28)31-17-15-24-11-13-26(20-33(24)36-31)25-12-10-23-14-16-30(35-32(23)19-25)27-7-4-18-34-21-27;1-2-5-20(6-3-1)26-14-12-21-8-10-23(17-28(21)31-26)24-11-9-22-13-15-27(32-29(22)18-24)25-7-4-16-30-19-25/h1-27H;1-21H;1-19H. The van der Waals surface area contributed by atoms with E-state index in [4.69, 9.17) is 34.9 Å². The molecule has 0 spiro atoms. The number of fused-ring (bicyclic) bond motifs is 11. The molecule has 11 heteroatoms. The Morgan fingerprint density at radius 3 is 0.975 bits per heavy atom. The second-order valence-corrected chi connectivity index (χ2v) is 29.4. The number of rotatable bonds is 10. The molecule has 0 saturated heterocycles. The topological polar surface area (TPSA) is 142 Å². The Bertz CT molecular complexity index is 7700. The van der Waals surface area contributed by atoms with Crippen LogP contribution in [0.25, 0.3) is 221 Å². The van der Waals surface area contributed by atoms with Gasteiger partial charge in [0.1, 0.15) is 0 Å². The van der Waals surface area contributed by atoms with Gasteiger partial charge in [0.2, 0.25) is 0 Å². The van der Waals surface area contributed by atoms with Gasteiger partial charge in [-0.1, -0.05) is 237 Å². The molecule has 0 amide bonds. The third-order valence-electron chi connectivity index (χ3n) is 22.0. The van der Waals surface area contributed by atoms with E-state index in [-0.39, 0.29) is 0 Å². The molecule has 0 aliphatic carbocycles. The Labute approximate surface area is 678 Å². The van der Waals surface area contributed by atoms with E-state index in [1.165, 1.54) is 10.8 Å². The van der Waals surface area contributed by atoms with Crippen LogP contribution in [0.15, 0.2) is 407 Å². The summed E-state index contributed by atoms with van der Waals surface area (Å²) in [7, 11) is 0. The Morgan fingerprint density at radius 1 is 0.153 bits per heavy atom. The largest absolute Gasteiger partial charge is 0.264 e. The fraction of sp³-hybridized carbons (Fsp3) is 0. The van der Waals surface area contributed by atoms with E-state index in [9.17, 15) is 0 Å². The van der Waals surface area contributed by atoms with Crippen molar-refractivity contribution in [2.24, 2.45) is 0 Å². The van der Waals surface area contributed by atoms with Crippen molar-refractivity contribution in [3.05, 3.63) is 407 Å². The van der Waals surface area contributed by atoms with E-state index < -0.39 is 0 Å². The van der Waals surface area contributed by atoms with Crippen molar-refractivity contribution in [2.45, 2.75) is 0 Å². The quantitative estimate of drug-likeness (QED) is 0.121. The lowest BCUT2D eigenvalue weighted by Gasteiger charge is -2.10. The highest BCUT2D eigenvalue weighted by Crippen LogP contribution is 2.37. The van der Waals surface area contributed by atoms with Crippen LogP contribution in [-0.4, -0.2) is 54.8 Å². The van der Waals surface area contributed by atoms with Crippen molar-refractivity contribution >= 4 is 109 Å². The molecule has 0 fully saturated rings. The average Bonchev–Trinajstić information content (AvgIpc) is 0.783. The maximum absolute atomic E-state index is 5.13. The first-order valence-electron chi connectivity index (χ1n) is 39.3. The molecule has 23 rings (SSSR count). The van der Waals surface area contributed by atoms with E-state index in [1.54, 1.807) is 18.6 Å². The Balaban J connectivity index is 0.000000114. The highest BCUT2D eigenvalue weighted by atomic mass is 14.8. The van der Waals surface area contributed by atoms with Crippen molar-refractivity contribution < 1.29 is 0 Å². The predicted molar refractivity (Wildman–Crippen MR) is 484 cm³/mol. The lowest BCUT2D eigenvalue weighted by atomic mass is 9.99. The Hall–Kier alpha value is -16.1. The minimum atomic E-state index is 0.864. The zero-order chi connectivity index (χ0) is 78.2. The maximum atomic E-state index is 5.13. The third-order valence-corrected chi connectivity index (χ3v) is 22.0. The lowest BCUT2D eigenvalue weighted by molar-refractivity contribution is 1.28. The van der Waals surface area contributed by atoms with E-state index in [0.717, 1.165) is 210 Å². The Kier molecular flexibility index (Phi) is 18.0. The molecule has 0 N–H and O–H groups in total. The molecular weight excluding hydrogens is 1440 g/mol. The van der Waals surface area contributed by atoms with Gasteiger partial charge in [-0.2, -0.15) is 0 Å². The molecule has 0 aliphatic rings. The number of hydrogen-bond acceptors (Lipinski definition) is 11. The van der Waals surface area contributed by atoms with Crippen LogP contribution in [0.2, 0.25) is 0 Å². The van der Waals surface area contributed by atoms with E-state index in [0.29, 0.717) is 0 Å². The van der Waals surface area contributed by atoms with Crippen molar-refractivity contribution in [2.75, 3.05) is 0 Å². The van der Waals surface area contributed by atoms with Crippen molar-refractivity contribution in [3.8, 4) is 112 Å². The van der Waals surface area contributed by atoms with Crippen LogP contribution in [0.3, 0.4) is 0 Å². The van der Waals surface area contributed by atoms with Crippen LogP contribution >= 0.6 is 0 Å². The first-order valence-corrected chi connectivity index (χ1v) is 39.3. The molecule has 0 atom stereocenters. The number of pyridine rings is 11. The molecule has 11 aromatic heterocycles. The van der Waals surface area contributed by atoms with Crippen molar-refractivity contribution in [1.82, 2.24) is 54.8 Å². The number of benzene rings is 12. The Morgan fingerprint density at radius 2 is 0.492 bits per heavy atom. The smallest absolute Gasteiger partial charge is 0.0972 e. The molecule has 0 aliphatic heterocycles. The molecule has 0 bridgehead atoms. The van der Waals surface area contributed by atoms with Gasteiger partial charge in [-0.15, -0.1) is 0 Å². The SMILES string of the molecule is c1ccc(-c2ccc3ccc(-c4ccc5ccc(-c6ccc7cc(-c8ccc9ccc%10cccnc%10c9n8)ccc7c6)nc5c4)cc3n2)nc1.c1ccc(-c2ccc3ccc(-c4ccc5ccc(-c6cccnc6)nc5c4)cc3n2)cc1.c1cncc(-c2ccc3ccc(-c4ccc5ccc(-c6cccc7ccccc67)nc5c4)cc3n2)c1. The second-order valence-electron chi connectivity index (χ2n) is 29.4. The molecule has 0 radical (unpaired) electrons. The van der Waals surface area contributed by atoms with Crippen LogP contribution < -0.4 is 0 Å². The minimum absolute atomic E-state index is 0.864. The molecular formula is C107H67N11. The summed E-state index contributed by atoms with van der Waals surface area (Å²) in [5.41, 5.74) is 28.2. The van der Waals surface area contributed by atoms with Gasteiger partial charge in [0.05, 0.1) is 89.7 Å². The molecule has 11 nitrogen and oxygen atoms in total. The summed E-state index contributed by atoms with van der Waals surface area (Å²) in [5, 5.41) is 13.6. The van der Waals surface area contributed by atoms with E-state index in [2.05, 4.69) is 305 Å². The molecule has 550 valence electrons. The number of nitrogens with zero attached hydrogens (tertiary/aromatic N) is 11. The predicted octanol–water partition coefficient (Wildman–Crippen LogP) is 26.6. The summed E-state index contributed by atoms with van der Waals surface area (Å²) in [4.78, 5) is 52.5. The van der Waals surface area contributed by atoms with Crippen LogP contribution in [0.1, 0.15) is 0 Å². The molecule has 0 unspecified atom stereocenters. The first kappa shape index (κ1) is 69.8. The fourth-order valence-corrected chi connectivity index (χ4v) is 15.8. The van der Waals surface area contributed by atoms with E-state index in [1.807, 2.05) is 104 Å². The van der Waals surface area contributed by atoms with Crippen molar-refractivity contribution in [3.63, 3.8) is 0 Å². The maximum Gasteiger partial charge on any atom is 0.0972 e. The van der Waals surface area contributed by atoms with Crippen LogP contribution in [0.5, 0.6) is 0 Å². The summed E-state index contributed by atoms with van der Waals surface area (Å²) in [6, 6.07) is 128. The van der Waals surface area contributed by atoms with Crippen molar-refractivity contribution in [1.29, 1.82) is 0 Å². The zero-order valence-corrected chi connectivity index (χ0v) is 63.6. The zero-order valence-electron chi connectivity index (χ0n) is 63.6. The third kappa shape index (κ3) is 14.0.